The van der Waals surface area contributed by atoms with E-state index in [2.05, 4.69) is 4.98 Å². The van der Waals surface area contributed by atoms with Gasteiger partial charge in [0.15, 0.2) is 0 Å². The van der Waals surface area contributed by atoms with Crippen molar-refractivity contribution in [3.05, 3.63) is 62.8 Å². The van der Waals surface area contributed by atoms with Gasteiger partial charge in [-0.1, -0.05) is 29.8 Å². The number of piperidine rings is 1. The molecular formula is C26H32N4O3. The molecule has 2 amide bonds. The van der Waals surface area contributed by atoms with Crippen molar-refractivity contribution in [3.63, 3.8) is 0 Å². The molecule has 2 aliphatic heterocycles. The van der Waals surface area contributed by atoms with E-state index in [0.29, 0.717) is 43.1 Å². The molecule has 2 atom stereocenters. The number of aromatic amines is 1. The minimum Gasteiger partial charge on any atom is -0.336 e. The van der Waals surface area contributed by atoms with Crippen LogP contribution in [-0.2, 0) is 22.6 Å². The number of fused-ring (bicyclic) bond motifs is 1. The first-order valence-electron chi connectivity index (χ1n) is 12.2. The SMILES string of the molecule is Cc1ccc([C@H](C)C(=O)N2CCCC[C@@H]2c2nc3c(c(=O)[nH]2)CCN(C(=O)C2CC2)C3)cc1. The number of H-pyrrole nitrogens is 1. The number of nitrogens with one attached hydrogen (secondary N) is 1. The van der Waals surface area contributed by atoms with Gasteiger partial charge in [0.25, 0.3) is 5.56 Å². The predicted octanol–water partition coefficient (Wildman–Crippen LogP) is 3.23. The van der Waals surface area contributed by atoms with Gasteiger partial charge in [0.1, 0.15) is 5.82 Å². The van der Waals surface area contributed by atoms with Gasteiger partial charge >= 0.3 is 0 Å². The summed E-state index contributed by atoms with van der Waals surface area (Å²) in [6.45, 7) is 5.61. The zero-order valence-electron chi connectivity index (χ0n) is 19.5. The number of aryl methyl sites for hydroxylation is 1. The number of nitrogens with zero attached hydrogens (tertiary/aromatic N) is 3. The van der Waals surface area contributed by atoms with Gasteiger partial charge in [-0.25, -0.2) is 4.98 Å². The third kappa shape index (κ3) is 4.33. The molecule has 1 aromatic heterocycles. The largest absolute Gasteiger partial charge is 0.336 e. The normalized spacial score (nSPS) is 21.5. The molecule has 174 valence electrons. The summed E-state index contributed by atoms with van der Waals surface area (Å²) in [5.74, 6) is 0.703. The molecule has 3 heterocycles. The summed E-state index contributed by atoms with van der Waals surface area (Å²) in [5, 5.41) is 0. The summed E-state index contributed by atoms with van der Waals surface area (Å²) in [6.07, 6.45) is 5.18. The Morgan fingerprint density at radius 1 is 1.09 bits per heavy atom. The summed E-state index contributed by atoms with van der Waals surface area (Å²) in [6, 6.07) is 7.85. The molecule has 2 fully saturated rings. The molecule has 33 heavy (non-hydrogen) atoms. The lowest BCUT2D eigenvalue weighted by Gasteiger charge is -2.37. The van der Waals surface area contributed by atoms with Crippen molar-refractivity contribution in [2.75, 3.05) is 13.1 Å². The van der Waals surface area contributed by atoms with E-state index in [1.54, 1.807) is 0 Å². The summed E-state index contributed by atoms with van der Waals surface area (Å²) in [7, 11) is 0. The van der Waals surface area contributed by atoms with Crippen LogP contribution in [0.3, 0.4) is 0 Å². The van der Waals surface area contributed by atoms with Crippen molar-refractivity contribution in [1.29, 1.82) is 0 Å². The summed E-state index contributed by atoms with van der Waals surface area (Å²) < 4.78 is 0. The van der Waals surface area contributed by atoms with Crippen molar-refractivity contribution < 1.29 is 9.59 Å². The fraction of sp³-hybridized carbons (Fsp3) is 0.538. The third-order valence-corrected chi connectivity index (χ3v) is 7.38. The number of hydrogen-bond acceptors (Lipinski definition) is 4. The molecule has 1 saturated carbocycles. The van der Waals surface area contributed by atoms with Gasteiger partial charge in [0, 0.05) is 24.6 Å². The molecule has 0 unspecified atom stereocenters. The van der Waals surface area contributed by atoms with E-state index in [4.69, 9.17) is 4.98 Å². The molecule has 0 bridgehead atoms. The Morgan fingerprint density at radius 2 is 1.85 bits per heavy atom. The molecule has 7 heteroatoms. The number of benzene rings is 1. The highest BCUT2D eigenvalue weighted by atomic mass is 16.2. The first-order valence-corrected chi connectivity index (χ1v) is 12.2. The molecule has 5 rings (SSSR count). The molecule has 0 radical (unpaired) electrons. The Kier molecular flexibility index (Phi) is 5.81. The summed E-state index contributed by atoms with van der Waals surface area (Å²) in [4.78, 5) is 50.6. The Labute approximate surface area is 194 Å². The maximum Gasteiger partial charge on any atom is 0.254 e. The fourth-order valence-electron chi connectivity index (χ4n) is 5.12. The van der Waals surface area contributed by atoms with Crippen LogP contribution in [0, 0.1) is 12.8 Å². The maximum absolute atomic E-state index is 13.5. The zero-order valence-corrected chi connectivity index (χ0v) is 19.5. The fourth-order valence-corrected chi connectivity index (χ4v) is 5.12. The van der Waals surface area contributed by atoms with E-state index in [-0.39, 0.29) is 35.3 Å². The zero-order chi connectivity index (χ0) is 23.1. The number of likely N-dealkylation sites (tertiary alicyclic amines) is 1. The lowest BCUT2D eigenvalue weighted by Crippen LogP contribution is -2.43. The third-order valence-electron chi connectivity index (χ3n) is 7.38. The second-order valence-corrected chi connectivity index (χ2v) is 9.84. The topological polar surface area (TPSA) is 86.4 Å². The van der Waals surface area contributed by atoms with Crippen LogP contribution in [0.15, 0.2) is 29.1 Å². The van der Waals surface area contributed by atoms with E-state index in [1.807, 2.05) is 47.9 Å². The molecule has 1 N–H and O–H groups in total. The van der Waals surface area contributed by atoms with Gasteiger partial charge in [0.2, 0.25) is 11.8 Å². The van der Waals surface area contributed by atoms with Crippen molar-refractivity contribution in [2.24, 2.45) is 5.92 Å². The Hall–Kier alpha value is -2.96. The van der Waals surface area contributed by atoms with Crippen LogP contribution in [0.2, 0.25) is 0 Å². The van der Waals surface area contributed by atoms with Crippen LogP contribution >= 0.6 is 0 Å². The number of rotatable bonds is 4. The number of hydrogen-bond donors (Lipinski definition) is 1. The summed E-state index contributed by atoms with van der Waals surface area (Å²) in [5.41, 5.74) is 3.41. The minimum atomic E-state index is -0.262. The number of carbonyl (C=O) groups excluding carboxylic acids is 2. The van der Waals surface area contributed by atoms with Crippen LogP contribution in [-0.4, -0.2) is 44.7 Å². The lowest BCUT2D eigenvalue weighted by atomic mass is 9.94. The molecule has 3 aliphatic rings. The standard InChI is InChI=1S/C26H32N4O3/c1-16-6-8-18(9-7-16)17(2)25(32)30-13-4-3-5-22(30)23-27-21-15-29(26(33)19-10-11-19)14-12-20(21)24(31)28-23/h6-9,17,19,22H,3-5,10-15H2,1-2H3,(H,27,28,31)/t17-,22+/m0/s1. The minimum absolute atomic E-state index is 0.0643. The average molecular weight is 449 g/mol. The molecule has 0 spiro atoms. The van der Waals surface area contributed by atoms with Crippen LogP contribution in [0.5, 0.6) is 0 Å². The molecule has 7 nitrogen and oxygen atoms in total. The van der Waals surface area contributed by atoms with Crippen LogP contribution in [0.25, 0.3) is 0 Å². The lowest BCUT2D eigenvalue weighted by molar-refractivity contribution is -0.136. The highest BCUT2D eigenvalue weighted by Gasteiger charge is 2.37. The van der Waals surface area contributed by atoms with Gasteiger partial charge < -0.3 is 14.8 Å². The molecule has 1 aliphatic carbocycles. The van der Waals surface area contributed by atoms with Gasteiger partial charge in [-0.2, -0.15) is 0 Å². The highest BCUT2D eigenvalue weighted by molar-refractivity contribution is 5.84. The Bertz CT molecular complexity index is 1120. The van der Waals surface area contributed by atoms with Crippen LogP contribution in [0.1, 0.15) is 79.2 Å². The average Bonchev–Trinajstić information content (AvgIpc) is 3.68. The van der Waals surface area contributed by atoms with Crippen molar-refractivity contribution in [1.82, 2.24) is 19.8 Å². The van der Waals surface area contributed by atoms with E-state index in [1.165, 1.54) is 5.56 Å². The smallest absolute Gasteiger partial charge is 0.254 e. The quantitative estimate of drug-likeness (QED) is 0.778. The predicted molar refractivity (Wildman–Crippen MR) is 125 cm³/mol. The monoisotopic (exact) mass is 448 g/mol. The number of carbonyl (C=O) groups is 2. The second kappa shape index (κ2) is 8.76. The summed E-state index contributed by atoms with van der Waals surface area (Å²) >= 11 is 0. The molecule has 1 saturated heterocycles. The molecule has 1 aromatic carbocycles. The Balaban J connectivity index is 1.41. The van der Waals surface area contributed by atoms with Gasteiger partial charge in [-0.3, -0.25) is 14.4 Å². The van der Waals surface area contributed by atoms with E-state index in [0.717, 1.165) is 37.7 Å². The first-order chi connectivity index (χ1) is 15.9. The molecular weight excluding hydrogens is 416 g/mol. The van der Waals surface area contributed by atoms with Crippen LogP contribution < -0.4 is 5.56 Å². The van der Waals surface area contributed by atoms with Gasteiger partial charge in [0.05, 0.1) is 24.2 Å². The second-order valence-electron chi connectivity index (χ2n) is 9.84. The van der Waals surface area contributed by atoms with E-state index in [9.17, 15) is 14.4 Å². The Morgan fingerprint density at radius 3 is 2.58 bits per heavy atom. The van der Waals surface area contributed by atoms with Gasteiger partial charge in [-0.05, 0) is 57.9 Å². The first kappa shape index (κ1) is 21.9. The van der Waals surface area contributed by atoms with E-state index >= 15 is 0 Å². The van der Waals surface area contributed by atoms with Gasteiger partial charge in [-0.15, -0.1) is 0 Å². The number of aromatic nitrogens is 2. The molecule has 2 aromatic rings. The maximum atomic E-state index is 13.5. The van der Waals surface area contributed by atoms with Crippen molar-refractivity contribution in [3.8, 4) is 0 Å². The van der Waals surface area contributed by atoms with Crippen molar-refractivity contribution >= 4 is 11.8 Å². The van der Waals surface area contributed by atoms with Crippen LogP contribution in [0.4, 0.5) is 0 Å². The number of amides is 2. The highest BCUT2D eigenvalue weighted by Crippen LogP contribution is 2.34. The van der Waals surface area contributed by atoms with E-state index < -0.39 is 0 Å². The van der Waals surface area contributed by atoms with Crippen molar-refractivity contribution in [2.45, 2.75) is 70.9 Å².